The van der Waals surface area contributed by atoms with Crippen LogP contribution in [0.1, 0.15) is 31.7 Å². The van der Waals surface area contributed by atoms with Gasteiger partial charge in [-0.1, -0.05) is 0 Å². The molecule has 0 bridgehead atoms. The van der Waals surface area contributed by atoms with Crippen molar-refractivity contribution in [1.82, 2.24) is 14.7 Å². The molecule has 3 heterocycles. The Hall–Kier alpha value is -0.910. The number of aryl methyl sites for hydroxylation is 1. The second-order valence-corrected chi connectivity index (χ2v) is 6.84. The van der Waals surface area contributed by atoms with Crippen LogP contribution in [0.5, 0.6) is 0 Å². The maximum Gasteiger partial charge on any atom is 0.0534 e. The molecule has 2 aliphatic rings. The van der Waals surface area contributed by atoms with Gasteiger partial charge in [-0.25, -0.2) is 0 Å². The van der Waals surface area contributed by atoms with E-state index in [0.29, 0.717) is 11.3 Å². The lowest BCUT2D eigenvalue weighted by atomic mass is 9.66. The summed E-state index contributed by atoms with van der Waals surface area (Å²) in [4.78, 5) is 2.56. The van der Waals surface area contributed by atoms with Crippen molar-refractivity contribution < 1.29 is 9.47 Å². The zero-order chi connectivity index (χ0) is 15.4. The van der Waals surface area contributed by atoms with Gasteiger partial charge in [-0.2, -0.15) is 5.10 Å². The second kappa shape index (κ2) is 7.11. The van der Waals surface area contributed by atoms with Crippen molar-refractivity contribution in [2.45, 2.75) is 32.7 Å². The summed E-state index contributed by atoms with van der Waals surface area (Å²) in [5, 5.41) is 4.27. The lowest BCUT2D eigenvalue weighted by Gasteiger charge is -2.49. The fourth-order valence-corrected chi connectivity index (χ4v) is 3.99. The Balaban J connectivity index is 1.56. The topological polar surface area (TPSA) is 39.5 Å². The molecule has 0 saturated carbocycles. The summed E-state index contributed by atoms with van der Waals surface area (Å²) in [6, 6.07) is 0. The van der Waals surface area contributed by atoms with E-state index in [9.17, 15) is 0 Å². The van der Waals surface area contributed by atoms with Crippen LogP contribution >= 0.6 is 0 Å². The summed E-state index contributed by atoms with van der Waals surface area (Å²) >= 11 is 0. The molecule has 0 unspecified atom stereocenters. The first-order chi connectivity index (χ1) is 10.7. The van der Waals surface area contributed by atoms with Crippen LogP contribution in [0.4, 0.5) is 0 Å². The molecule has 22 heavy (non-hydrogen) atoms. The fraction of sp³-hybridized carbons (Fsp3) is 0.824. The van der Waals surface area contributed by atoms with E-state index in [1.807, 2.05) is 17.9 Å². The lowest BCUT2D eigenvalue weighted by molar-refractivity contribution is -0.0993. The van der Waals surface area contributed by atoms with Crippen LogP contribution in [0.2, 0.25) is 0 Å². The van der Waals surface area contributed by atoms with Gasteiger partial charge in [0.1, 0.15) is 0 Å². The average molecular weight is 307 g/mol. The smallest absolute Gasteiger partial charge is 0.0534 e. The minimum atomic E-state index is 0.443. The summed E-state index contributed by atoms with van der Waals surface area (Å²) in [6.45, 7) is 8.92. The highest BCUT2D eigenvalue weighted by Crippen LogP contribution is 2.45. The highest BCUT2D eigenvalue weighted by atomic mass is 16.5. The van der Waals surface area contributed by atoms with Crippen molar-refractivity contribution >= 4 is 0 Å². The predicted octanol–water partition coefficient (Wildman–Crippen LogP) is 2.08. The average Bonchev–Trinajstić information content (AvgIpc) is 2.94. The standard InChI is InChI=1S/C17H29N3O2/c1-3-21-13-16-14-22-9-6-17(16)4-7-20(8-5-17)12-15-10-18-19(2)11-15/h10-11,16H,3-9,12-14H2,1-2H3/t16-/m1/s1. The van der Waals surface area contributed by atoms with E-state index in [1.165, 1.54) is 37.9 Å². The number of hydrogen-bond acceptors (Lipinski definition) is 4. The summed E-state index contributed by atoms with van der Waals surface area (Å²) in [7, 11) is 1.98. The number of ether oxygens (including phenoxy) is 2. The largest absolute Gasteiger partial charge is 0.381 e. The quantitative estimate of drug-likeness (QED) is 0.835. The van der Waals surface area contributed by atoms with Gasteiger partial charge in [0.25, 0.3) is 0 Å². The molecule has 1 aromatic rings. The van der Waals surface area contributed by atoms with Crippen LogP contribution in [0.25, 0.3) is 0 Å². The third-order valence-corrected chi connectivity index (χ3v) is 5.47. The maximum absolute atomic E-state index is 5.73. The number of nitrogens with zero attached hydrogens (tertiary/aromatic N) is 3. The van der Waals surface area contributed by atoms with Gasteiger partial charge in [0.2, 0.25) is 0 Å². The van der Waals surface area contributed by atoms with E-state index in [2.05, 4.69) is 23.1 Å². The zero-order valence-corrected chi connectivity index (χ0v) is 14.0. The van der Waals surface area contributed by atoms with Gasteiger partial charge in [0, 0.05) is 44.5 Å². The van der Waals surface area contributed by atoms with E-state index < -0.39 is 0 Å². The van der Waals surface area contributed by atoms with E-state index in [4.69, 9.17) is 9.47 Å². The van der Waals surface area contributed by atoms with Crippen molar-refractivity contribution in [2.75, 3.05) is 39.5 Å². The number of likely N-dealkylation sites (tertiary alicyclic amines) is 1. The number of hydrogen-bond donors (Lipinski definition) is 0. The number of rotatable bonds is 5. The van der Waals surface area contributed by atoms with Crippen molar-refractivity contribution in [3.63, 3.8) is 0 Å². The first-order valence-corrected chi connectivity index (χ1v) is 8.57. The van der Waals surface area contributed by atoms with Gasteiger partial charge in [-0.15, -0.1) is 0 Å². The van der Waals surface area contributed by atoms with Crippen LogP contribution in [-0.4, -0.2) is 54.2 Å². The molecule has 5 heteroatoms. The molecule has 2 saturated heterocycles. The molecular formula is C17H29N3O2. The highest BCUT2D eigenvalue weighted by molar-refractivity contribution is 5.04. The van der Waals surface area contributed by atoms with Crippen LogP contribution in [0, 0.1) is 11.3 Å². The molecule has 124 valence electrons. The van der Waals surface area contributed by atoms with Crippen LogP contribution in [0.15, 0.2) is 12.4 Å². The van der Waals surface area contributed by atoms with Gasteiger partial charge in [0.05, 0.1) is 19.4 Å². The highest BCUT2D eigenvalue weighted by Gasteiger charge is 2.43. The van der Waals surface area contributed by atoms with Crippen molar-refractivity contribution in [2.24, 2.45) is 18.4 Å². The molecule has 0 radical (unpaired) electrons. The molecule has 0 aliphatic carbocycles. The van der Waals surface area contributed by atoms with E-state index in [1.54, 1.807) is 0 Å². The summed E-state index contributed by atoms with van der Waals surface area (Å²) in [5.41, 5.74) is 1.76. The molecule has 1 atom stereocenters. The minimum absolute atomic E-state index is 0.443. The molecule has 0 N–H and O–H groups in total. The molecular weight excluding hydrogens is 278 g/mol. The lowest BCUT2D eigenvalue weighted by Crippen LogP contribution is -2.49. The normalized spacial score (nSPS) is 25.6. The monoisotopic (exact) mass is 307 g/mol. The Kier molecular flexibility index (Phi) is 5.16. The van der Waals surface area contributed by atoms with Crippen molar-refractivity contribution in [3.8, 4) is 0 Å². The molecule has 3 rings (SSSR count). The van der Waals surface area contributed by atoms with Gasteiger partial charge < -0.3 is 9.47 Å². The summed E-state index contributed by atoms with van der Waals surface area (Å²) in [5.74, 6) is 0.571. The zero-order valence-electron chi connectivity index (χ0n) is 14.0. The van der Waals surface area contributed by atoms with E-state index in [0.717, 1.165) is 33.0 Å². The van der Waals surface area contributed by atoms with E-state index >= 15 is 0 Å². The van der Waals surface area contributed by atoms with Crippen LogP contribution in [0.3, 0.4) is 0 Å². The summed E-state index contributed by atoms with van der Waals surface area (Å²) < 4.78 is 13.3. The minimum Gasteiger partial charge on any atom is -0.381 e. The Morgan fingerprint density at radius 3 is 2.86 bits per heavy atom. The van der Waals surface area contributed by atoms with Crippen molar-refractivity contribution in [3.05, 3.63) is 18.0 Å². The number of aromatic nitrogens is 2. The first kappa shape index (κ1) is 16.0. The summed E-state index contributed by atoms with van der Waals surface area (Å²) in [6.07, 6.45) is 7.85. The molecule has 2 aliphatic heterocycles. The Morgan fingerprint density at radius 1 is 1.36 bits per heavy atom. The maximum atomic E-state index is 5.73. The third kappa shape index (κ3) is 3.53. The Morgan fingerprint density at radius 2 is 2.18 bits per heavy atom. The predicted molar refractivity (Wildman–Crippen MR) is 85.6 cm³/mol. The first-order valence-electron chi connectivity index (χ1n) is 8.57. The van der Waals surface area contributed by atoms with Gasteiger partial charge >= 0.3 is 0 Å². The Bertz CT molecular complexity index is 466. The van der Waals surface area contributed by atoms with Crippen LogP contribution in [-0.2, 0) is 23.1 Å². The second-order valence-electron chi connectivity index (χ2n) is 6.84. The van der Waals surface area contributed by atoms with Crippen LogP contribution < -0.4 is 0 Å². The number of piperidine rings is 1. The molecule has 2 fully saturated rings. The van der Waals surface area contributed by atoms with Crippen molar-refractivity contribution in [1.29, 1.82) is 0 Å². The fourth-order valence-electron chi connectivity index (χ4n) is 3.99. The SMILES string of the molecule is CCOC[C@@H]1COCCC12CCN(Cc1cnn(C)c1)CC2. The molecule has 1 spiro atoms. The van der Waals surface area contributed by atoms with Gasteiger partial charge in [0.15, 0.2) is 0 Å². The van der Waals surface area contributed by atoms with Gasteiger partial charge in [-0.05, 0) is 44.7 Å². The molecule has 0 amide bonds. The van der Waals surface area contributed by atoms with E-state index in [-0.39, 0.29) is 0 Å². The Labute approximate surface area is 133 Å². The van der Waals surface area contributed by atoms with Gasteiger partial charge in [-0.3, -0.25) is 9.58 Å². The molecule has 0 aromatic carbocycles. The molecule has 1 aromatic heterocycles. The third-order valence-electron chi connectivity index (χ3n) is 5.47. The molecule has 5 nitrogen and oxygen atoms in total.